The number of hydrogen-bond acceptors (Lipinski definition) is 5. The molecule has 1 saturated carbocycles. The van der Waals surface area contributed by atoms with E-state index in [1.807, 2.05) is 32.0 Å². The van der Waals surface area contributed by atoms with Crippen molar-refractivity contribution in [1.29, 1.82) is 0 Å². The highest BCUT2D eigenvalue weighted by Crippen LogP contribution is 2.30. The topological polar surface area (TPSA) is 105 Å². The van der Waals surface area contributed by atoms with Gasteiger partial charge in [0.2, 0.25) is 11.8 Å². The number of nitrogens with one attached hydrogen (secondary N) is 2. The molecule has 2 N–H and O–H groups in total. The lowest BCUT2D eigenvalue weighted by molar-refractivity contribution is -0.127. The molecule has 36 heavy (non-hydrogen) atoms. The fourth-order valence-electron chi connectivity index (χ4n) is 4.75. The number of amides is 3. The van der Waals surface area contributed by atoms with E-state index in [1.54, 1.807) is 30.6 Å². The summed E-state index contributed by atoms with van der Waals surface area (Å²) in [5.74, 6) is -1.08. The van der Waals surface area contributed by atoms with Crippen molar-refractivity contribution in [2.45, 2.75) is 58.0 Å². The van der Waals surface area contributed by atoms with Crippen molar-refractivity contribution < 1.29 is 18.8 Å². The average molecular weight is 489 g/mol. The molecule has 0 spiro atoms. The molecule has 8 heteroatoms. The zero-order valence-corrected chi connectivity index (χ0v) is 20.7. The predicted molar refractivity (Wildman–Crippen MR) is 136 cm³/mol. The lowest BCUT2D eigenvalue weighted by atomic mass is 9.94. The van der Waals surface area contributed by atoms with Crippen molar-refractivity contribution in [3.05, 3.63) is 83.6 Å². The summed E-state index contributed by atoms with van der Waals surface area (Å²) in [6, 6.07) is 11.5. The Morgan fingerprint density at radius 2 is 1.81 bits per heavy atom. The van der Waals surface area contributed by atoms with E-state index in [1.165, 1.54) is 23.7 Å². The van der Waals surface area contributed by atoms with Crippen molar-refractivity contribution in [1.82, 2.24) is 15.6 Å². The quantitative estimate of drug-likeness (QED) is 0.493. The second kappa shape index (κ2) is 11.7. The molecule has 2 aromatic heterocycles. The first-order valence-corrected chi connectivity index (χ1v) is 12.3. The van der Waals surface area contributed by atoms with Gasteiger partial charge in [-0.2, -0.15) is 0 Å². The summed E-state index contributed by atoms with van der Waals surface area (Å²) >= 11 is 0. The van der Waals surface area contributed by atoms with Gasteiger partial charge in [-0.15, -0.1) is 0 Å². The number of hydrogen-bond donors (Lipinski definition) is 2. The van der Waals surface area contributed by atoms with Gasteiger partial charge in [-0.05, 0) is 68.1 Å². The van der Waals surface area contributed by atoms with Crippen molar-refractivity contribution in [2.75, 3.05) is 11.4 Å². The Bertz CT molecular complexity index is 1170. The molecule has 0 unspecified atom stereocenters. The number of aryl methyl sites for hydroxylation is 2. The second-order valence-corrected chi connectivity index (χ2v) is 9.30. The summed E-state index contributed by atoms with van der Waals surface area (Å²) in [6.07, 6.45) is 9.78. The molecule has 1 fully saturated rings. The van der Waals surface area contributed by atoms with E-state index in [9.17, 15) is 14.4 Å². The van der Waals surface area contributed by atoms with Gasteiger partial charge in [-0.1, -0.05) is 31.4 Å². The van der Waals surface area contributed by atoms with Crippen LogP contribution in [0, 0.1) is 13.8 Å². The first-order valence-electron chi connectivity index (χ1n) is 12.3. The highest BCUT2D eigenvalue weighted by atomic mass is 16.3. The Kier molecular flexibility index (Phi) is 8.15. The van der Waals surface area contributed by atoms with Gasteiger partial charge >= 0.3 is 0 Å². The number of furan rings is 1. The zero-order valence-electron chi connectivity index (χ0n) is 20.7. The third-order valence-electron chi connectivity index (χ3n) is 6.36. The SMILES string of the molecule is Cc1cc(C)cc(N(C(=O)CNC(=O)c2ccco2)[C@H](C(=O)NC2CCCCC2)c2cccnc2)c1. The molecule has 2 heterocycles. The zero-order chi connectivity index (χ0) is 25.5. The Morgan fingerprint density at radius 3 is 2.44 bits per heavy atom. The van der Waals surface area contributed by atoms with Crippen LogP contribution in [-0.4, -0.2) is 35.3 Å². The highest BCUT2D eigenvalue weighted by molar-refractivity contribution is 6.04. The molecular weight excluding hydrogens is 456 g/mol. The monoisotopic (exact) mass is 488 g/mol. The Hall–Kier alpha value is -3.94. The fraction of sp³-hybridized carbons (Fsp3) is 0.357. The first kappa shape index (κ1) is 25.2. The van der Waals surface area contributed by atoms with Gasteiger partial charge in [-0.3, -0.25) is 24.3 Å². The normalized spacial score (nSPS) is 14.6. The lowest BCUT2D eigenvalue weighted by Crippen LogP contribution is -2.49. The van der Waals surface area contributed by atoms with Crippen LogP contribution in [0.3, 0.4) is 0 Å². The van der Waals surface area contributed by atoms with Crippen LogP contribution in [0.2, 0.25) is 0 Å². The molecule has 3 amide bonds. The van der Waals surface area contributed by atoms with Crippen LogP contribution in [0.5, 0.6) is 0 Å². The van der Waals surface area contributed by atoms with E-state index in [-0.39, 0.29) is 24.3 Å². The van der Waals surface area contributed by atoms with Gasteiger partial charge in [0.1, 0.15) is 6.04 Å². The van der Waals surface area contributed by atoms with Crippen molar-refractivity contribution >= 4 is 23.4 Å². The second-order valence-electron chi connectivity index (χ2n) is 9.30. The molecule has 1 aliphatic carbocycles. The number of nitrogens with zero attached hydrogens (tertiary/aromatic N) is 2. The molecule has 0 bridgehead atoms. The Labute approximate surface area is 211 Å². The van der Waals surface area contributed by atoms with Gasteiger partial charge in [-0.25, -0.2) is 0 Å². The summed E-state index contributed by atoms with van der Waals surface area (Å²) in [6.45, 7) is 3.58. The molecular formula is C28H32N4O4. The molecule has 3 aromatic rings. The summed E-state index contributed by atoms with van der Waals surface area (Å²) in [5, 5.41) is 5.80. The molecule has 188 valence electrons. The summed E-state index contributed by atoms with van der Waals surface area (Å²) in [7, 11) is 0. The van der Waals surface area contributed by atoms with Crippen LogP contribution >= 0.6 is 0 Å². The van der Waals surface area contributed by atoms with E-state index in [2.05, 4.69) is 15.6 Å². The molecule has 8 nitrogen and oxygen atoms in total. The van der Waals surface area contributed by atoms with E-state index in [4.69, 9.17) is 4.42 Å². The summed E-state index contributed by atoms with van der Waals surface area (Å²) in [4.78, 5) is 45.7. The molecule has 4 rings (SSSR count). The number of benzene rings is 1. The van der Waals surface area contributed by atoms with Crippen molar-refractivity contribution in [3.63, 3.8) is 0 Å². The van der Waals surface area contributed by atoms with E-state index >= 15 is 0 Å². The fourth-order valence-corrected chi connectivity index (χ4v) is 4.75. The summed E-state index contributed by atoms with van der Waals surface area (Å²) < 4.78 is 5.13. The van der Waals surface area contributed by atoms with Gasteiger partial charge in [0, 0.05) is 29.7 Å². The number of aromatic nitrogens is 1. The Balaban J connectivity index is 1.69. The maximum absolute atomic E-state index is 13.8. The molecule has 0 radical (unpaired) electrons. The standard InChI is InChI=1S/C28H32N4O4/c1-19-14-20(2)16-23(15-19)32(25(33)18-30-27(34)24-11-7-13-36-24)26(21-8-6-12-29-17-21)28(35)31-22-9-4-3-5-10-22/h6-8,11-17,22,26H,3-5,9-10,18H2,1-2H3,(H,30,34)(H,31,35)/t26-/m0/s1. The predicted octanol–water partition coefficient (Wildman–Crippen LogP) is 4.24. The molecule has 1 atom stereocenters. The molecule has 0 aliphatic heterocycles. The van der Waals surface area contributed by atoms with Crippen LogP contribution in [0.25, 0.3) is 0 Å². The third-order valence-corrected chi connectivity index (χ3v) is 6.36. The van der Waals surface area contributed by atoms with Crippen molar-refractivity contribution in [2.24, 2.45) is 0 Å². The van der Waals surface area contributed by atoms with Gasteiger partial charge < -0.3 is 15.1 Å². The molecule has 0 saturated heterocycles. The lowest BCUT2D eigenvalue weighted by Gasteiger charge is -2.33. The Morgan fingerprint density at radius 1 is 1.06 bits per heavy atom. The number of rotatable bonds is 8. The van der Waals surface area contributed by atoms with Crippen LogP contribution in [-0.2, 0) is 9.59 Å². The average Bonchev–Trinajstić information content (AvgIpc) is 3.41. The van der Waals surface area contributed by atoms with E-state index < -0.39 is 17.9 Å². The molecule has 1 aromatic carbocycles. The third kappa shape index (κ3) is 6.19. The number of anilines is 1. The van der Waals surface area contributed by atoms with Gasteiger partial charge in [0.15, 0.2) is 5.76 Å². The van der Waals surface area contributed by atoms with E-state index in [0.717, 1.165) is 36.8 Å². The van der Waals surface area contributed by atoms with Crippen LogP contribution in [0.4, 0.5) is 5.69 Å². The molecule has 1 aliphatic rings. The van der Waals surface area contributed by atoms with Crippen LogP contribution in [0.1, 0.15) is 65.4 Å². The maximum atomic E-state index is 13.8. The van der Waals surface area contributed by atoms with Crippen molar-refractivity contribution in [3.8, 4) is 0 Å². The summed E-state index contributed by atoms with van der Waals surface area (Å²) in [5.41, 5.74) is 3.09. The van der Waals surface area contributed by atoms with Gasteiger partial charge in [0.05, 0.1) is 12.8 Å². The van der Waals surface area contributed by atoms with Gasteiger partial charge in [0.25, 0.3) is 5.91 Å². The minimum Gasteiger partial charge on any atom is -0.459 e. The number of carbonyl (C=O) groups is 3. The maximum Gasteiger partial charge on any atom is 0.287 e. The van der Waals surface area contributed by atoms with E-state index in [0.29, 0.717) is 11.3 Å². The highest BCUT2D eigenvalue weighted by Gasteiger charge is 2.34. The van der Waals surface area contributed by atoms with Crippen LogP contribution in [0.15, 0.2) is 65.5 Å². The first-order chi connectivity index (χ1) is 17.4. The minimum absolute atomic E-state index is 0.0697. The van der Waals surface area contributed by atoms with Crippen LogP contribution < -0.4 is 15.5 Å². The smallest absolute Gasteiger partial charge is 0.287 e. The number of pyridine rings is 1. The largest absolute Gasteiger partial charge is 0.459 e. The minimum atomic E-state index is -0.949. The number of carbonyl (C=O) groups excluding carboxylic acids is 3.